The van der Waals surface area contributed by atoms with E-state index in [4.69, 9.17) is 31.2 Å². The molecule has 4 heterocycles. The number of esters is 1. The molecule has 2 aromatic rings. The normalized spacial score (nSPS) is 32.0. The van der Waals surface area contributed by atoms with Crippen LogP contribution < -0.4 is 10.6 Å². The van der Waals surface area contributed by atoms with E-state index < -0.39 is 24.5 Å². The van der Waals surface area contributed by atoms with Crippen molar-refractivity contribution in [2.75, 3.05) is 32.2 Å². The summed E-state index contributed by atoms with van der Waals surface area (Å²) < 4.78 is 23.4. The monoisotopic (exact) mass is 522 g/mol. The molecule has 7 atom stereocenters. The molecule has 1 saturated carbocycles. The van der Waals surface area contributed by atoms with E-state index in [9.17, 15) is 15.0 Å². The van der Waals surface area contributed by atoms with Crippen molar-refractivity contribution in [1.82, 2.24) is 24.8 Å². The van der Waals surface area contributed by atoms with E-state index in [1.807, 2.05) is 0 Å². The van der Waals surface area contributed by atoms with Crippen molar-refractivity contribution in [3.8, 4) is 0 Å². The van der Waals surface area contributed by atoms with Gasteiger partial charge < -0.3 is 39.8 Å². The Morgan fingerprint density at radius 2 is 2.11 bits per heavy atom. The predicted molar refractivity (Wildman–Crippen MR) is 129 cm³/mol. The van der Waals surface area contributed by atoms with Crippen LogP contribution >= 0.6 is 12.2 Å². The van der Waals surface area contributed by atoms with Gasteiger partial charge in [-0.3, -0.25) is 9.36 Å². The number of anilines is 1. The van der Waals surface area contributed by atoms with Crippen molar-refractivity contribution >= 4 is 40.3 Å². The summed E-state index contributed by atoms with van der Waals surface area (Å²) in [5.74, 6) is 0.00328. The number of thiocarbonyl (C=S) groups is 1. The molecule has 2 aliphatic heterocycles. The van der Waals surface area contributed by atoms with Crippen LogP contribution in [0, 0.1) is 5.92 Å². The fourth-order valence-electron chi connectivity index (χ4n) is 5.00. The largest absolute Gasteiger partial charge is 0.469 e. The topological polar surface area (TPSA) is 162 Å². The van der Waals surface area contributed by atoms with Crippen molar-refractivity contribution < 1.29 is 34.0 Å². The number of hydrogen-bond donors (Lipinski definition) is 4. The summed E-state index contributed by atoms with van der Waals surface area (Å²) in [6.07, 6.45) is 1.90. The van der Waals surface area contributed by atoms with Crippen molar-refractivity contribution in [2.45, 2.75) is 62.3 Å². The van der Waals surface area contributed by atoms with Gasteiger partial charge >= 0.3 is 5.97 Å². The second-order valence-electron chi connectivity index (χ2n) is 9.21. The molecule has 196 valence electrons. The zero-order chi connectivity index (χ0) is 25.2. The standard InChI is InChI=1S/C22H30N6O7S/c1-32-21(31)12-3-2-4-13(12)27-22(36)34-8-14-16(29)17(30)20(35-14)28-10-25-15-18(23-9-24-19(15)28)26-11-5-6-33-7-11/h9-14,16-17,20,29-30H,2-8H2,1H3,(H,27,36)(H,23,24,26)/t11?,12?,13?,14-,16-,17?,20?/m1/s1. The van der Waals surface area contributed by atoms with Crippen molar-refractivity contribution in [2.24, 2.45) is 5.92 Å². The van der Waals surface area contributed by atoms with Gasteiger partial charge in [0.15, 0.2) is 23.2 Å². The molecule has 2 saturated heterocycles. The van der Waals surface area contributed by atoms with Gasteiger partial charge in [0, 0.05) is 12.6 Å². The molecule has 0 bridgehead atoms. The van der Waals surface area contributed by atoms with E-state index in [-0.39, 0.29) is 35.8 Å². The number of aliphatic hydroxyl groups excluding tert-OH is 2. The molecule has 36 heavy (non-hydrogen) atoms. The summed E-state index contributed by atoms with van der Waals surface area (Å²) in [7, 11) is 1.37. The lowest BCUT2D eigenvalue weighted by Crippen LogP contribution is -2.42. The number of carbonyl (C=O) groups excluding carboxylic acids is 1. The van der Waals surface area contributed by atoms with Crippen LogP contribution in [0.15, 0.2) is 12.7 Å². The molecule has 4 N–H and O–H groups in total. The van der Waals surface area contributed by atoms with Gasteiger partial charge in [-0.05, 0) is 31.5 Å². The Balaban J connectivity index is 1.21. The summed E-state index contributed by atoms with van der Waals surface area (Å²) in [5.41, 5.74) is 0.980. The van der Waals surface area contributed by atoms with E-state index in [2.05, 4.69) is 25.6 Å². The average molecular weight is 523 g/mol. The molecule has 5 unspecified atom stereocenters. The van der Waals surface area contributed by atoms with Crippen molar-refractivity contribution in [1.29, 1.82) is 0 Å². The first kappa shape index (κ1) is 25.0. The first-order valence-corrected chi connectivity index (χ1v) is 12.4. The third-order valence-electron chi connectivity index (χ3n) is 6.94. The lowest BCUT2D eigenvalue weighted by Gasteiger charge is -2.22. The van der Waals surface area contributed by atoms with Gasteiger partial charge in [-0.1, -0.05) is 6.42 Å². The number of nitrogens with one attached hydrogen (secondary N) is 2. The number of nitrogens with zero attached hydrogens (tertiary/aromatic N) is 4. The molecule has 0 amide bonds. The van der Waals surface area contributed by atoms with Gasteiger partial charge in [-0.25, -0.2) is 15.0 Å². The van der Waals surface area contributed by atoms with Crippen LogP contribution in [0.2, 0.25) is 0 Å². The Morgan fingerprint density at radius 1 is 1.25 bits per heavy atom. The van der Waals surface area contributed by atoms with Crippen molar-refractivity contribution in [3.63, 3.8) is 0 Å². The number of fused-ring (bicyclic) bond motifs is 1. The van der Waals surface area contributed by atoms with Crippen LogP contribution in [-0.2, 0) is 23.7 Å². The highest BCUT2D eigenvalue weighted by Gasteiger charge is 2.45. The number of ether oxygens (including phenoxy) is 4. The van der Waals surface area contributed by atoms with Crippen LogP contribution in [0.4, 0.5) is 5.82 Å². The maximum absolute atomic E-state index is 11.9. The van der Waals surface area contributed by atoms with E-state index in [0.717, 1.165) is 25.7 Å². The molecule has 1 aliphatic carbocycles. The molecule has 3 fully saturated rings. The minimum absolute atomic E-state index is 0.0910. The molecular formula is C22H30N6O7S. The van der Waals surface area contributed by atoms with Crippen LogP contribution in [0.5, 0.6) is 0 Å². The Morgan fingerprint density at radius 3 is 2.89 bits per heavy atom. The third kappa shape index (κ3) is 4.95. The number of carbonyl (C=O) groups is 1. The van der Waals surface area contributed by atoms with Crippen molar-refractivity contribution in [3.05, 3.63) is 12.7 Å². The SMILES string of the molecule is COC(=O)C1CCCC1NC(=S)OC[C@H]1OC(n2cnc3c(NC4CCOC4)ncnc32)C(O)[C@@H]1O. The summed E-state index contributed by atoms with van der Waals surface area (Å²) in [4.78, 5) is 25.0. The summed E-state index contributed by atoms with van der Waals surface area (Å²) in [6, 6.07) is -0.0391. The smallest absolute Gasteiger partial charge is 0.310 e. The molecule has 14 heteroatoms. The molecular weight excluding hydrogens is 492 g/mol. The summed E-state index contributed by atoms with van der Waals surface area (Å²) in [6.45, 7) is 1.19. The quantitative estimate of drug-likeness (QED) is 0.281. The van der Waals surface area contributed by atoms with Gasteiger partial charge in [0.1, 0.15) is 31.2 Å². The first-order valence-electron chi connectivity index (χ1n) is 12.0. The van der Waals surface area contributed by atoms with Crippen LogP contribution in [0.25, 0.3) is 11.2 Å². The Labute approximate surface area is 212 Å². The molecule has 3 aliphatic rings. The zero-order valence-electron chi connectivity index (χ0n) is 19.8. The fourth-order valence-corrected chi connectivity index (χ4v) is 5.22. The Kier molecular flexibility index (Phi) is 7.48. The minimum Gasteiger partial charge on any atom is -0.469 e. The molecule has 0 radical (unpaired) electrons. The number of methoxy groups -OCH3 is 1. The van der Waals surface area contributed by atoms with E-state index in [1.54, 1.807) is 4.57 Å². The highest BCUT2D eigenvalue weighted by molar-refractivity contribution is 7.80. The number of aliphatic hydroxyl groups is 2. The molecule has 0 aromatic carbocycles. The number of aromatic nitrogens is 4. The highest BCUT2D eigenvalue weighted by atomic mass is 32.1. The minimum atomic E-state index is -1.24. The Bertz CT molecular complexity index is 1100. The molecule has 13 nitrogen and oxygen atoms in total. The van der Waals surface area contributed by atoms with Crippen LogP contribution in [0.1, 0.15) is 31.9 Å². The highest BCUT2D eigenvalue weighted by Crippen LogP contribution is 2.33. The Hall–Kier alpha value is -2.65. The average Bonchev–Trinajstić information content (AvgIpc) is 3.67. The molecule has 5 rings (SSSR count). The summed E-state index contributed by atoms with van der Waals surface area (Å²) >= 11 is 5.28. The van der Waals surface area contributed by atoms with Gasteiger partial charge in [0.25, 0.3) is 5.17 Å². The van der Waals surface area contributed by atoms with E-state index in [1.165, 1.54) is 19.8 Å². The maximum Gasteiger partial charge on any atom is 0.310 e. The lowest BCUT2D eigenvalue weighted by molar-refractivity contribution is -0.145. The molecule has 2 aromatic heterocycles. The van der Waals surface area contributed by atoms with Gasteiger partial charge in [0.05, 0.1) is 32.0 Å². The third-order valence-corrected chi connectivity index (χ3v) is 7.18. The molecule has 0 spiro atoms. The van der Waals surface area contributed by atoms with Crippen LogP contribution in [0.3, 0.4) is 0 Å². The number of rotatable bonds is 7. The van der Waals surface area contributed by atoms with Crippen LogP contribution in [-0.4, -0.2) is 98.2 Å². The lowest BCUT2D eigenvalue weighted by atomic mass is 10.0. The predicted octanol–water partition coefficient (Wildman–Crippen LogP) is -0.121. The summed E-state index contributed by atoms with van der Waals surface area (Å²) in [5, 5.41) is 27.8. The second kappa shape index (κ2) is 10.8. The second-order valence-corrected chi connectivity index (χ2v) is 9.58. The van der Waals surface area contributed by atoms with E-state index in [0.29, 0.717) is 30.2 Å². The first-order chi connectivity index (χ1) is 17.5. The maximum atomic E-state index is 11.9. The van der Waals surface area contributed by atoms with Gasteiger partial charge in [-0.15, -0.1) is 0 Å². The van der Waals surface area contributed by atoms with E-state index >= 15 is 0 Å². The zero-order valence-corrected chi connectivity index (χ0v) is 20.6. The van der Waals surface area contributed by atoms with Gasteiger partial charge in [0.2, 0.25) is 0 Å². The van der Waals surface area contributed by atoms with Gasteiger partial charge in [-0.2, -0.15) is 0 Å². The number of imidazole rings is 1. The fraction of sp³-hybridized carbons (Fsp3) is 0.682. The number of hydrogen-bond acceptors (Lipinski definition) is 12.